The number of hydrogen-bond donors (Lipinski definition) is 2. The van der Waals surface area contributed by atoms with E-state index in [1.807, 2.05) is 54.6 Å². The topological polar surface area (TPSA) is 92.7 Å². The van der Waals surface area contributed by atoms with Crippen molar-refractivity contribution in [3.8, 4) is 11.1 Å². The van der Waals surface area contributed by atoms with Crippen molar-refractivity contribution in [1.29, 1.82) is 0 Å². The van der Waals surface area contributed by atoms with Crippen LogP contribution in [0.1, 0.15) is 45.6 Å². The van der Waals surface area contributed by atoms with Crippen molar-refractivity contribution < 1.29 is 24.2 Å². The molecular weight excluding hydrogens is 394 g/mol. The van der Waals surface area contributed by atoms with E-state index in [4.69, 9.17) is 4.74 Å². The van der Waals surface area contributed by atoms with Gasteiger partial charge in [-0.3, -0.25) is 14.4 Å². The summed E-state index contributed by atoms with van der Waals surface area (Å²) in [4.78, 5) is 35.3. The van der Waals surface area contributed by atoms with Gasteiger partial charge in [0.1, 0.15) is 0 Å². The van der Waals surface area contributed by atoms with Crippen LogP contribution in [0.2, 0.25) is 0 Å². The van der Waals surface area contributed by atoms with E-state index in [-0.39, 0.29) is 30.9 Å². The molecule has 2 aromatic carbocycles. The monoisotopic (exact) mass is 425 g/mol. The van der Waals surface area contributed by atoms with E-state index in [2.05, 4.69) is 5.32 Å². The number of aliphatic carboxylic acids is 1. The van der Waals surface area contributed by atoms with Gasteiger partial charge in [-0.15, -0.1) is 0 Å². The minimum absolute atomic E-state index is 0.00299. The van der Waals surface area contributed by atoms with Crippen LogP contribution in [0.3, 0.4) is 0 Å². The fraction of sp³-hybridized carbons (Fsp3) is 0.400. The van der Waals surface area contributed by atoms with Crippen LogP contribution in [-0.2, 0) is 25.5 Å². The van der Waals surface area contributed by atoms with Crippen LogP contribution in [0.4, 0.5) is 0 Å². The molecule has 0 aromatic heterocycles. The van der Waals surface area contributed by atoms with Gasteiger partial charge in [0.2, 0.25) is 5.91 Å². The Labute approximate surface area is 183 Å². The summed E-state index contributed by atoms with van der Waals surface area (Å²) in [6.07, 6.45) is 0.596. The fourth-order valence-corrected chi connectivity index (χ4v) is 3.31. The molecule has 0 saturated heterocycles. The Bertz CT molecular complexity index is 861. The van der Waals surface area contributed by atoms with Gasteiger partial charge >= 0.3 is 11.9 Å². The van der Waals surface area contributed by atoms with Crippen LogP contribution >= 0.6 is 0 Å². The predicted octanol–water partition coefficient (Wildman–Crippen LogP) is 4.22. The number of amides is 1. The van der Waals surface area contributed by atoms with Gasteiger partial charge < -0.3 is 15.2 Å². The summed E-state index contributed by atoms with van der Waals surface area (Å²) >= 11 is 0. The van der Waals surface area contributed by atoms with Gasteiger partial charge in [-0.05, 0) is 43.4 Å². The first-order chi connectivity index (χ1) is 14.7. The van der Waals surface area contributed by atoms with Gasteiger partial charge in [0, 0.05) is 12.5 Å². The molecule has 0 aliphatic carbocycles. The van der Waals surface area contributed by atoms with Crippen molar-refractivity contribution in [2.75, 3.05) is 0 Å². The Kier molecular flexibility index (Phi) is 9.25. The molecule has 0 spiro atoms. The lowest BCUT2D eigenvalue weighted by molar-refractivity contribution is -0.148. The molecule has 0 saturated carbocycles. The molecule has 0 aliphatic rings. The quantitative estimate of drug-likeness (QED) is 0.526. The molecule has 1 amide bonds. The maximum atomic E-state index is 12.4. The van der Waals surface area contributed by atoms with Gasteiger partial charge in [-0.2, -0.15) is 0 Å². The number of nitrogens with one attached hydrogen (secondary N) is 1. The minimum atomic E-state index is -0.904. The summed E-state index contributed by atoms with van der Waals surface area (Å²) in [7, 11) is 0. The molecule has 0 fully saturated rings. The van der Waals surface area contributed by atoms with Crippen LogP contribution in [-0.4, -0.2) is 35.1 Å². The van der Waals surface area contributed by atoms with E-state index in [0.717, 1.165) is 16.7 Å². The Balaban J connectivity index is 2.01. The Morgan fingerprint density at radius 3 is 2.10 bits per heavy atom. The van der Waals surface area contributed by atoms with E-state index in [9.17, 15) is 19.5 Å². The highest BCUT2D eigenvalue weighted by Crippen LogP contribution is 2.20. The van der Waals surface area contributed by atoms with Crippen LogP contribution in [0.15, 0.2) is 54.6 Å². The Morgan fingerprint density at radius 1 is 0.903 bits per heavy atom. The predicted molar refractivity (Wildman–Crippen MR) is 119 cm³/mol. The third-order valence-corrected chi connectivity index (χ3v) is 4.89. The Morgan fingerprint density at radius 2 is 1.52 bits per heavy atom. The number of carbonyl (C=O) groups is 3. The third-order valence-electron chi connectivity index (χ3n) is 4.89. The van der Waals surface area contributed by atoms with Crippen molar-refractivity contribution in [2.45, 2.75) is 58.6 Å². The van der Waals surface area contributed by atoms with Crippen molar-refractivity contribution in [3.63, 3.8) is 0 Å². The van der Waals surface area contributed by atoms with E-state index in [1.165, 1.54) is 0 Å². The SMILES string of the molecule is CC(C)OC(=O)CCC(=O)NC(Cc1ccc(-c2ccccc2)cc1)CC(C)C(=O)O. The summed E-state index contributed by atoms with van der Waals surface area (Å²) in [5, 5.41) is 12.2. The lowest BCUT2D eigenvalue weighted by Gasteiger charge is -2.21. The molecule has 31 heavy (non-hydrogen) atoms. The molecule has 2 atom stereocenters. The van der Waals surface area contributed by atoms with Gasteiger partial charge in [-0.1, -0.05) is 61.5 Å². The summed E-state index contributed by atoms with van der Waals surface area (Å²) in [6.45, 7) is 5.13. The van der Waals surface area contributed by atoms with Crippen LogP contribution in [0.25, 0.3) is 11.1 Å². The number of esters is 1. The van der Waals surface area contributed by atoms with Crippen LogP contribution < -0.4 is 5.32 Å². The molecule has 6 heteroatoms. The number of carbonyl (C=O) groups excluding carboxylic acids is 2. The van der Waals surface area contributed by atoms with E-state index in [1.54, 1.807) is 20.8 Å². The zero-order valence-corrected chi connectivity index (χ0v) is 18.3. The van der Waals surface area contributed by atoms with Crippen molar-refractivity contribution in [2.24, 2.45) is 5.92 Å². The maximum Gasteiger partial charge on any atom is 0.306 e. The molecule has 0 aliphatic heterocycles. The standard InChI is InChI=1S/C25H31NO5/c1-17(2)31-24(28)14-13-23(27)26-22(15-18(3)25(29)30)16-19-9-11-21(12-10-19)20-7-5-4-6-8-20/h4-12,17-18,22H,13-16H2,1-3H3,(H,26,27)(H,29,30). The van der Waals surface area contributed by atoms with Crippen molar-refractivity contribution in [3.05, 3.63) is 60.2 Å². The highest BCUT2D eigenvalue weighted by Gasteiger charge is 2.21. The molecule has 6 nitrogen and oxygen atoms in total. The van der Waals surface area contributed by atoms with Crippen molar-refractivity contribution >= 4 is 17.8 Å². The van der Waals surface area contributed by atoms with Crippen LogP contribution in [0.5, 0.6) is 0 Å². The fourth-order valence-electron chi connectivity index (χ4n) is 3.31. The average molecular weight is 426 g/mol. The first-order valence-corrected chi connectivity index (χ1v) is 10.6. The second-order valence-electron chi connectivity index (χ2n) is 8.05. The number of ether oxygens (including phenoxy) is 1. The zero-order chi connectivity index (χ0) is 22.8. The lowest BCUT2D eigenvalue weighted by Crippen LogP contribution is -2.38. The molecule has 2 N–H and O–H groups in total. The molecule has 2 aromatic rings. The summed E-state index contributed by atoms with van der Waals surface area (Å²) in [5.41, 5.74) is 3.21. The molecule has 166 valence electrons. The van der Waals surface area contributed by atoms with E-state index in [0.29, 0.717) is 12.8 Å². The molecule has 2 unspecified atom stereocenters. The number of rotatable bonds is 11. The lowest BCUT2D eigenvalue weighted by atomic mass is 9.95. The molecule has 0 heterocycles. The second kappa shape index (κ2) is 11.9. The minimum Gasteiger partial charge on any atom is -0.481 e. The highest BCUT2D eigenvalue weighted by atomic mass is 16.5. The highest BCUT2D eigenvalue weighted by molar-refractivity contribution is 5.81. The van der Waals surface area contributed by atoms with Gasteiger partial charge in [-0.25, -0.2) is 0 Å². The van der Waals surface area contributed by atoms with E-state index < -0.39 is 17.9 Å². The first-order valence-electron chi connectivity index (χ1n) is 10.6. The second-order valence-corrected chi connectivity index (χ2v) is 8.05. The first kappa shape index (κ1) is 24.1. The van der Waals surface area contributed by atoms with Crippen LogP contribution in [0, 0.1) is 5.92 Å². The molecule has 0 bridgehead atoms. The number of carboxylic acid groups (broad SMARTS) is 1. The average Bonchev–Trinajstić information content (AvgIpc) is 2.73. The number of carboxylic acids is 1. The third kappa shape index (κ3) is 8.62. The van der Waals surface area contributed by atoms with Gasteiger partial charge in [0.15, 0.2) is 0 Å². The normalized spacial score (nSPS) is 12.8. The zero-order valence-electron chi connectivity index (χ0n) is 18.3. The summed E-state index contributed by atoms with van der Waals surface area (Å²) < 4.78 is 5.05. The van der Waals surface area contributed by atoms with Crippen molar-refractivity contribution in [1.82, 2.24) is 5.32 Å². The Hall–Kier alpha value is -3.15. The van der Waals surface area contributed by atoms with Gasteiger partial charge in [0.25, 0.3) is 0 Å². The largest absolute Gasteiger partial charge is 0.481 e. The molecule has 2 rings (SSSR count). The smallest absolute Gasteiger partial charge is 0.306 e. The molecular formula is C25H31NO5. The number of hydrogen-bond acceptors (Lipinski definition) is 4. The van der Waals surface area contributed by atoms with E-state index >= 15 is 0 Å². The summed E-state index contributed by atoms with van der Waals surface area (Å²) in [6, 6.07) is 17.7. The van der Waals surface area contributed by atoms with Gasteiger partial charge in [0.05, 0.1) is 18.4 Å². The maximum absolute atomic E-state index is 12.4. The molecule has 0 radical (unpaired) electrons. The summed E-state index contributed by atoms with van der Waals surface area (Å²) in [5.74, 6) is -2.21. The number of benzene rings is 2.